The van der Waals surface area contributed by atoms with E-state index in [1.807, 2.05) is 25.3 Å². The fourth-order valence-corrected chi connectivity index (χ4v) is 2.77. The largest absolute Gasteiger partial charge is 0.466 e. The van der Waals surface area contributed by atoms with Gasteiger partial charge in [0.15, 0.2) is 5.65 Å². The van der Waals surface area contributed by atoms with Crippen molar-refractivity contribution in [2.24, 2.45) is 5.92 Å². The number of carbonyl (C=O) groups is 1. The van der Waals surface area contributed by atoms with Gasteiger partial charge in [-0.3, -0.25) is 4.79 Å². The van der Waals surface area contributed by atoms with Crippen LogP contribution in [0.5, 0.6) is 0 Å². The number of rotatable bonds is 3. The minimum atomic E-state index is -0.0814. The number of hydrogen-bond donors (Lipinski definition) is 1. The van der Waals surface area contributed by atoms with Gasteiger partial charge in [0, 0.05) is 19.3 Å². The van der Waals surface area contributed by atoms with E-state index in [2.05, 4.69) is 15.0 Å². The van der Waals surface area contributed by atoms with Crippen LogP contribution < -0.4 is 10.6 Å². The molecule has 2 N–H and O–H groups in total. The summed E-state index contributed by atoms with van der Waals surface area (Å²) in [5.74, 6) is 0.190. The lowest BCUT2D eigenvalue weighted by molar-refractivity contribution is -0.148. The Bertz CT molecular complexity index is 646. The summed E-state index contributed by atoms with van der Waals surface area (Å²) in [6, 6.07) is 3.93. The third kappa shape index (κ3) is 2.63. The van der Waals surface area contributed by atoms with Crippen LogP contribution in [0.15, 0.2) is 18.3 Å². The van der Waals surface area contributed by atoms with E-state index >= 15 is 0 Å². The Morgan fingerprint density at radius 3 is 2.95 bits per heavy atom. The third-order valence-electron chi connectivity index (χ3n) is 3.81. The quantitative estimate of drug-likeness (QED) is 0.851. The zero-order valence-electron chi connectivity index (χ0n) is 12.0. The van der Waals surface area contributed by atoms with Crippen LogP contribution in [0.25, 0.3) is 5.65 Å². The highest BCUT2D eigenvalue weighted by molar-refractivity contribution is 5.74. The summed E-state index contributed by atoms with van der Waals surface area (Å²) in [4.78, 5) is 18.3. The van der Waals surface area contributed by atoms with Crippen LogP contribution in [-0.4, -0.2) is 40.3 Å². The second-order valence-corrected chi connectivity index (χ2v) is 5.14. The van der Waals surface area contributed by atoms with E-state index in [4.69, 9.17) is 10.5 Å². The van der Waals surface area contributed by atoms with Crippen LogP contribution in [0, 0.1) is 5.92 Å². The molecule has 1 aliphatic rings. The summed E-state index contributed by atoms with van der Waals surface area (Å²) in [7, 11) is 0. The standard InChI is InChI=1S/C14H19N5O2/c1-2-21-13(20)10-5-8-18(9-6-10)11-4-3-7-19-12(11)16-14(15)17-19/h3-4,7,10H,2,5-6,8-9H2,1H3,(H2,15,17). The van der Waals surface area contributed by atoms with Crippen molar-refractivity contribution >= 4 is 23.3 Å². The third-order valence-corrected chi connectivity index (χ3v) is 3.81. The predicted octanol–water partition coefficient (Wildman–Crippen LogP) is 1.09. The molecule has 21 heavy (non-hydrogen) atoms. The molecule has 1 saturated heterocycles. The zero-order valence-corrected chi connectivity index (χ0v) is 12.0. The first-order valence-corrected chi connectivity index (χ1v) is 7.21. The number of ether oxygens (including phenoxy) is 1. The molecule has 3 rings (SSSR count). The molecule has 0 atom stereocenters. The fourth-order valence-electron chi connectivity index (χ4n) is 2.77. The van der Waals surface area contributed by atoms with Crippen molar-refractivity contribution in [2.75, 3.05) is 30.3 Å². The molecular weight excluding hydrogens is 270 g/mol. The maximum atomic E-state index is 11.8. The molecule has 7 nitrogen and oxygen atoms in total. The van der Waals surface area contributed by atoms with Gasteiger partial charge in [-0.1, -0.05) is 0 Å². The summed E-state index contributed by atoms with van der Waals surface area (Å²) in [6.07, 6.45) is 3.42. The van der Waals surface area contributed by atoms with E-state index in [9.17, 15) is 4.79 Å². The first-order valence-electron chi connectivity index (χ1n) is 7.21. The molecule has 0 radical (unpaired) electrons. The summed E-state index contributed by atoms with van der Waals surface area (Å²) in [5.41, 5.74) is 7.42. The molecule has 7 heteroatoms. The Labute approximate surface area is 122 Å². The first kappa shape index (κ1) is 13.7. The van der Waals surface area contributed by atoms with E-state index < -0.39 is 0 Å². The zero-order chi connectivity index (χ0) is 14.8. The van der Waals surface area contributed by atoms with Gasteiger partial charge in [0.25, 0.3) is 0 Å². The number of nitrogens with zero attached hydrogens (tertiary/aromatic N) is 4. The van der Waals surface area contributed by atoms with Crippen LogP contribution in [0.3, 0.4) is 0 Å². The lowest BCUT2D eigenvalue weighted by Gasteiger charge is -2.32. The normalized spacial score (nSPS) is 16.3. The highest BCUT2D eigenvalue weighted by atomic mass is 16.5. The van der Waals surface area contributed by atoms with Crippen LogP contribution in [0.4, 0.5) is 11.6 Å². The van der Waals surface area contributed by atoms with Crippen molar-refractivity contribution in [2.45, 2.75) is 19.8 Å². The molecule has 0 aromatic carbocycles. The molecular formula is C14H19N5O2. The van der Waals surface area contributed by atoms with Gasteiger partial charge in [-0.2, -0.15) is 4.98 Å². The van der Waals surface area contributed by atoms with E-state index in [1.54, 1.807) is 4.52 Å². The Hall–Kier alpha value is -2.31. The SMILES string of the molecule is CCOC(=O)C1CCN(c2cccn3nc(N)nc23)CC1. The molecule has 1 aliphatic heterocycles. The van der Waals surface area contributed by atoms with Crippen molar-refractivity contribution in [1.82, 2.24) is 14.6 Å². The minimum absolute atomic E-state index is 0.00359. The number of fused-ring (bicyclic) bond motifs is 1. The average molecular weight is 289 g/mol. The summed E-state index contributed by atoms with van der Waals surface area (Å²) < 4.78 is 6.78. The Balaban J connectivity index is 1.75. The number of anilines is 2. The molecule has 0 saturated carbocycles. The first-order chi connectivity index (χ1) is 10.2. The Kier molecular flexibility index (Phi) is 3.64. The maximum absolute atomic E-state index is 11.8. The van der Waals surface area contributed by atoms with Gasteiger partial charge in [-0.15, -0.1) is 5.10 Å². The number of hydrogen-bond acceptors (Lipinski definition) is 6. The number of aromatic nitrogens is 3. The molecule has 0 spiro atoms. The van der Waals surface area contributed by atoms with Crippen LogP contribution in [0.1, 0.15) is 19.8 Å². The van der Waals surface area contributed by atoms with E-state index in [-0.39, 0.29) is 17.8 Å². The highest BCUT2D eigenvalue weighted by Gasteiger charge is 2.27. The lowest BCUT2D eigenvalue weighted by atomic mass is 9.97. The van der Waals surface area contributed by atoms with Crippen LogP contribution in [-0.2, 0) is 9.53 Å². The maximum Gasteiger partial charge on any atom is 0.309 e. The van der Waals surface area contributed by atoms with Gasteiger partial charge in [0.05, 0.1) is 18.2 Å². The Morgan fingerprint density at radius 2 is 2.24 bits per heavy atom. The number of piperidine rings is 1. The minimum Gasteiger partial charge on any atom is -0.466 e. The fraction of sp³-hybridized carbons (Fsp3) is 0.500. The van der Waals surface area contributed by atoms with Crippen molar-refractivity contribution < 1.29 is 9.53 Å². The number of carbonyl (C=O) groups excluding carboxylic acids is 1. The van der Waals surface area contributed by atoms with Gasteiger partial charge in [0.2, 0.25) is 5.95 Å². The summed E-state index contributed by atoms with van der Waals surface area (Å²) in [5, 5.41) is 4.12. The van der Waals surface area contributed by atoms with Gasteiger partial charge in [-0.25, -0.2) is 4.52 Å². The van der Waals surface area contributed by atoms with Crippen molar-refractivity contribution in [3.63, 3.8) is 0 Å². The molecule has 2 aromatic heterocycles. The molecule has 3 heterocycles. The second kappa shape index (κ2) is 5.59. The smallest absolute Gasteiger partial charge is 0.309 e. The lowest BCUT2D eigenvalue weighted by Crippen LogP contribution is -2.37. The topological polar surface area (TPSA) is 85.8 Å². The molecule has 0 amide bonds. The van der Waals surface area contributed by atoms with Crippen LogP contribution >= 0.6 is 0 Å². The number of nitrogens with two attached hydrogens (primary N) is 1. The molecule has 2 aromatic rings. The van der Waals surface area contributed by atoms with Crippen molar-refractivity contribution in [1.29, 1.82) is 0 Å². The predicted molar refractivity (Wildman–Crippen MR) is 79.0 cm³/mol. The van der Waals surface area contributed by atoms with Gasteiger partial charge >= 0.3 is 5.97 Å². The Morgan fingerprint density at radius 1 is 1.48 bits per heavy atom. The van der Waals surface area contributed by atoms with Gasteiger partial charge in [-0.05, 0) is 31.9 Å². The molecule has 112 valence electrons. The van der Waals surface area contributed by atoms with E-state index in [1.165, 1.54) is 0 Å². The van der Waals surface area contributed by atoms with E-state index in [0.29, 0.717) is 6.61 Å². The number of pyridine rings is 1. The molecule has 0 aliphatic carbocycles. The van der Waals surface area contributed by atoms with E-state index in [0.717, 1.165) is 37.3 Å². The van der Waals surface area contributed by atoms with Gasteiger partial charge < -0.3 is 15.4 Å². The summed E-state index contributed by atoms with van der Waals surface area (Å²) >= 11 is 0. The van der Waals surface area contributed by atoms with Crippen molar-refractivity contribution in [3.8, 4) is 0 Å². The van der Waals surface area contributed by atoms with Gasteiger partial charge in [0.1, 0.15) is 0 Å². The molecule has 0 bridgehead atoms. The molecule has 1 fully saturated rings. The average Bonchev–Trinajstić information content (AvgIpc) is 2.87. The van der Waals surface area contributed by atoms with Crippen molar-refractivity contribution in [3.05, 3.63) is 18.3 Å². The molecule has 0 unspecified atom stereocenters. The second-order valence-electron chi connectivity index (χ2n) is 5.14. The number of nitrogen functional groups attached to an aromatic ring is 1. The summed E-state index contributed by atoms with van der Waals surface area (Å²) in [6.45, 7) is 3.88. The number of esters is 1. The monoisotopic (exact) mass is 289 g/mol. The van der Waals surface area contributed by atoms with Crippen LogP contribution in [0.2, 0.25) is 0 Å². The highest BCUT2D eigenvalue weighted by Crippen LogP contribution is 2.27.